The van der Waals surface area contributed by atoms with Gasteiger partial charge in [0.15, 0.2) is 0 Å². The molecule has 1 aliphatic carbocycles. The molecule has 24 heavy (non-hydrogen) atoms. The summed E-state index contributed by atoms with van der Waals surface area (Å²) in [6, 6.07) is 6.03. The lowest BCUT2D eigenvalue weighted by molar-refractivity contribution is -0.121. The van der Waals surface area contributed by atoms with E-state index in [0.717, 1.165) is 37.4 Å². The molecule has 1 aromatic rings. The van der Waals surface area contributed by atoms with Gasteiger partial charge < -0.3 is 15.0 Å². The highest BCUT2D eigenvalue weighted by Crippen LogP contribution is 2.39. The number of nitrogens with zero attached hydrogens (tertiary/aromatic N) is 3. The van der Waals surface area contributed by atoms with Crippen molar-refractivity contribution in [1.82, 2.24) is 10.3 Å². The Morgan fingerprint density at radius 3 is 2.71 bits per heavy atom. The van der Waals surface area contributed by atoms with Gasteiger partial charge >= 0.3 is 0 Å². The van der Waals surface area contributed by atoms with Gasteiger partial charge in [-0.3, -0.25) is 4.79 Å². The van der Waals surface area contributed by atoms with Crippen LogP contribution in [0.4, 0.5) is 5.82 Å². The highest BCUT2D eigenvalue weighted by atomic mass is 16.5. The van der Waals surface area contributed by atoms with Gasteiger partial charge in [0, 0.05) is 32.8 Å². The van der Waals surface area contributed by atoms with E-state index in [1.807, 2.05) is 19.1 Å². The minimum Gasteiger partial charge on any atom is -0.379 e. The van der Waals surface area contributed by atoms with Crippen molar-refractivity contribution in [3.8, 4) is 6.07 Å². The molecular weight excluding hydrogens is 304 g/mol. The second-order valence-electron chi connectivity index (χ2n) is 6.91. The van der Waals surface area contributed by atoms with Crippen LogP contribution >= 0.6 is 0 Å². The van der Waals surface area contributed by atoms with E-state index < -0.39 is 0 Å². The van der Waals surface area contributed by atoms with Crippen LogP contribution < -0.4 is 10.2 Å². The quantitative estimate of drug-likeness (QED) is 0.912. The number of carbonyl (C=O) groups is 1. The fraction of sp³-hybridized carbons (Fsp3) is 0.611. The van der Waals surface area contributed by atoms with E-state index in [4.69, 9.17) is 4.74 Å². The Balaban J connectivity index is 1.78. The predicted molar refractivity (Wildman–Crippen MR) is 90.5 cm³/mol. The second kappa shape index (κ2) is 6.78. The molecule has 1 N–H and O–H groups in total. The zero-order chi connectivity index (χ0) is 17.3. The Kier molecular flexibility index (Phi) is 4.72. The van der Waals surface area contributed by atoms with Crippen molar-refractivity contribution in [3.05, 3.63) is 23.4 Å². The standard InChI is InChI=1S/C18H24N4O2/c1-11-4-5-13(8-19)18(20-11)22-9-14-6-16(21-12(2)23)17(24-3)7-15(14)10-22/h4-5,14-17H,6-7,9-10H2,1-3H3,(H,21,23)/t14-,15+,16-,17-/m1/s1. The normalized spacial score (nSPS) is 29.0. The average Bonchev–Trinajstić information content (AvgIpc) is 2.96. The van der Waals surface area contributed by atoms with Crippen molar-refractivity contribution < 1.29 is 9.53 Å². The highest BCUT2D eigenvalue weighted by molar-refractivity contribution is 5.73. The van der Waals surface area contributed by atoms with Crippen molar-refractivity contribution >= 4 is 11.7 Å². The smallest absolute Gasteiger partial charge is 0.217 e. The van der Waals surface area contributed by atoms with Gasteiger partial charge in [-0.25, -0.2) is 4.98 Å². The number of aryl methyl sites for hydroxylation is 1. The zero-order valence-corrected chi connectivity index (χ0v) is 14.5. The summed E-state index contributed by atoms with van der Waals surface area (Å²) in [5.74, 6) is 1.77. The van der Waals surface area contributed by atoms with Gasteiger partial charge in [-0.05, 0) is 43.7 Å². The fourth-order valence-electron chi connectivity index (χ4n) is 4.13. The van der Waals surface area contributed by atoms with Gasteiger partial charge in [0.2, 0.25) is 5.91 Å². The molecule has 1 amide bonds. The van der Waals surface area contributed by atoms with Crippen LogP contribution in [0.1, 0.15) is 31.0 Å². The molecule has 0 aromatic carbocycles. The number of ether oxygens (including phenoxy) is 1. The number of aromatic nitrogens is 1. The van der Waals surface area contributed by atoms with E-state index in [1.165, 1.54) is 0 Å². The minimum atomic E-state index is -0.0116. The number of methoxy groups -OCH3 is 1. The summed E-state index contributed by atoms with van der Waals surface area (Å²) in [5, 5.41) is 12.4. The highest BCUT2D eigenvalue weighted by Gasteiger charge is 2.43. The van der Waals surface area contributed by atoms with E-state index >= 15 is 0 Å². The number of hydrogen-bond donors (Lipinski definition) is 1. The van der Waals surface area contributed by atoms with Crippen LogP contribution in [0.2, 0.25) is 0 Å². The number of amides is 1. The molecule has 6 heteroatoms. The number of nitrogens with one attached hydrogen (secondary N) is 1. The summed E-state index contributed by atoms with van der Waals surface area (Å²) in [6.45, 7) is 5.27. The molecule has 128 valence electrons. The summed E-state index contributed by atoms with van der Waals surface area (Å²) in [7, 11) is 1.71. The van der Waals surface area contributed by atoms with Crippen molar-refractivity contribution in [2.45, 2.75) is 38.8 Å². The molecule has 1 aliphatic heterocycles. The number of pyridine rings is 1. The second-order valence-corrected chi connectivity index (χ2v) is 6.91. The Hall–Kier alpha value is -2.13. The molecule has 1 saturated carbocycles. The van der Waals surface area contributed by atoms with Gasteiger partial charge in [0.05, 0.1) is 17.7 Å². The molecule has 4 atom stereocenters. The molecule has 0 unspecified atom stereocenters. The predicted octanol–water partition coefficient (Wildman–Crippen LogP) is 1.63. The maximum Gasteiger partial charge on any atom is 0.217 e. The van der Waals surface area contributed by atoms with E-state index in [1.54, 1.807) is 14.0 Å². The van der Waals surface area contributed by atoms with Crippen molar-refractivity contribution in [2.24, 2.45) is 11.8 Å². The Morgan fingerprint density at radius 2 is 2.08 bits per heavy atom. The van der Waals surface area contributed by atoms with Gasteiger partial charge in [-0.15, -0.1) is 0 Å². The number of anilines is 1. The minimum absolute atomic E-state index is 0.0116. The van der Waals surface area contributed by atoms with Crippen LogP contribution in [0, 0.1) is 30.1 Å². The molecule has 0 bridgehead atoms. The van der Waals surface area contributed by atoms with E-state index in [9.17, 15) is 10.1 Å². The molecule has 3 rings (SSSR count). The maximum atomic E-state index is 11.4. The van der Waals surface area contributed by atoms with Gasteiger partial charge in [0.1, 0.15) is 11.9 Å². The third-order valence-electron chi connectivity index (χ3n) is 5.24. The fourth-order valence-corrected chi connectivity index (χ4v) is 4.13. The van der Waals surface area contributed by atoms with Crippen molar-refractivity contribution in [1.29, 1.82) is 5.26 Å². The third-order valence-corrected chi connectivity index (χ3v) is 5.24. The van der Waals surface area contributed by atoms with Crippen molar-refractivity contribution in [2.75, 3.05) is 25.1 Å². The molecule has 0 spiro atoms. The van der Waals surface area contributed by atoms with E-state index in [-0.39, 0.29) is 18.1 Å². The van der Waals surface area contributed by atoms with E-state index in [0.29, 0.717) is 17.4 Å². The largest absolute Gasteiger partial charge is 0.379 e. The summed E-state index contributed by atoms with van der Waals surface area (Å²) >= 11 is 0. The van der Waals surface area contributed by atoms with Gasteiger partial charge in [-0.2, -0.15) is 5.26 Å². The lowest BCUT2D eigenvalue weighted by Gasteiger charge is -2.37. The molecule has 1 aromatic heterocycles. The monoisotopic (exact) mass is 328 g/mol. The molecule has 2 fully saturated rings. The summed E-state index contributed by atoms with van der Waals surface area (Å²) in [6.07, 6.45) is 1.89. The Bertz CT molecular complexity index is 669. The number of carbonyl (C=O) groups excluding carboxylic acids is 1. The molecule has 2 heterocycles. The molecule has 6 nitrogen and oxygen atoms in total. The third kappa shape index (κ3) is 3.22. The summed E-state index contributed by atoms with van der Waals surface area (Å²) in [5.41, 5.74) is 1.55. The summed E-state index contributed by atoms with van der Waals surface area (Å²) in [4.78, 5) is 18.3. The van der Waals surface area contributed by atoms with Crippen LogP contribution in [0.15, 0.2) is 12.1 Å². The molecule has 0 radical (unpaired) electrons. The number of rotatable bonds is 3. The molecular formula is C18H24N4O2. The van der Waals surface area contributed by atoms with Crippen LogP contribution in [-0.2, 0) is 9.53 Å². The molecule has 2 aliphatic rings. The van der Waals surface area contributed by atoms with Crippen LogP contribution in [0.5, 0.6) is 0 Å². The lowest BCUT2D eigenvalue weighted by atomic mass is 9.77. The summed E-state index contributed by atoms with van der Waals surface area (Å²) < 4.78 is 5.62. The number of nitriles is 1. The van der Waals surface area contributed by atoms with Crippen molar-refractivity contribution in [3.63, 3.8) is 0 Å². The van der Waals surface area contributed by atoms with E-state index in [2.05, 4.69) is 21.3 Å². The van der Waals surface area contributed by atoms with Gasteiger partial charge in [0.25, 0.3) is 0 Å². The first-order valence-corrected chi connectivity index (χ1v) is 8.44. The van der Waals surface area contributed by atoms with Gasteiger partial charge in [-0.1, -0.05) is 0 Å². The molecule has 1 saturated heterocycles. The van der Waals surface area contributed by atoms with Crippen LogP contribution in [0.3, 0.4) is 0 Å². The maximum absolute atomic E-state index is 11.4. The first-order chi connectivity index (χ1) is 11.5. The first-order valence-electron chi connectivity index (χ1n) is 8.44. The topological polar surface area (TPSA) is 78.2 Å². The Morgan fingerprint density at radius 1 is 1.38 bits per heavy atom. The van der Waals surface area contributed by atoms with Crippen LogP contribution in [0.25, 0.3) is 0 Å². The Labute approximate surface area is 142 Å². The average molecular weight is 328 g/mol. The first kappa shape index (κ1) is 16.7. The number of hydrogen-bond acceptors (Lipinski definition) is 5. The van der Waals surface area contributed by atoms with Crippen LogP contribution in [-0.4, -0.2) is 43.2 Å². The SMILES string of the molecule is CO[C@@H]1C[C@H]2CN(c3nc(C)ccc3C#N)C[C@H]2C[C@H]1NC(C)=O. The number of fused-ring (bicyclic) bond motifs is 1. The zero-order valence-electron chi connectivity index (χ0n) is 14.5. The lowest BCUT2D eigenvalue weighted by Crippen LogP contribution is -2.49.